The quantitative estimate of drug-likeness (QED) is 0.786. The Bertz CT molecular complexity index is 420. The minimum absolute atomic E-state index is 1.03. The highest BCUT2D eigenvalue weighted by molar-refractivity contribution is 9.10. The minimum atomic E-state index is 1.03. The number of aromatic nitrogens is 2. The molecule has 1 heterocycles. The topological polar surface area (TPSA) is 17.8 Å². The number of aryl methyl sites for hydroxylation is 1. The average molecular weight is 239 g/mol. The summed E-state index contributed by atoms with van der Waals surface area (Å²) in [6, 6.07) is 6.10. The van der Waals surface area contributed by atoms with Gasteiger partial charge in [-0.05, 0) is 34.5 Å². The molecular formula is C10H11BrN2. The minimum Gasteiger partial charge on any atom is -0.330 e. The number of imidazole rings is 1. The predicted octanol–water partition coefficient (Wildman–Crippen LogP) is 3.21. The van der Waals surface area contributed by atoms with Gasteiger partial charge in [0.05, 0.1) is 17.4 Å². The normalized spacial score (nSPS) is 10.9. The lowest BCUT2D eigenvalue weighted by Crippen LogP contribution is -1.94. The van der Waals surface area contributed by atoms with Crippen LogP contribution >= 0.6 is 15.9 Å². The van der Waals surface area contributed by atoms with Crippen LogP contribution in [0.3, 0.4) is 0 Å². The van der Waals surface area contributed by atoms with Crippen molar-refractivity contribution in [2.24, 2.45) is 0 Å². The van der Waals surface area contributed by atoms with Crippen LogP contribution in [0.15, 0.2) is 29.0 Å². The maximum absolute atomic E-state index is 4.33. The van der Waals surface area contributed by atoms with Gasteiger partial charge in [-0.3, -0.25) is 0 Å². The highest BCUT2D eigenvalue weighted by atomic mass is 79.9. The fourth-order valence-electron chi connectivity index (χ4n) is 1.49. The van der Waals surface area contributed by atoms with Crippen LogP contribution in [-0.4, -0.2) is 9.55 Å². The molecule has 0 saturated heterocycles. The van der Waals surface area contributed by atoms with E-state index in [1.807, 2.05) is 18.5 Å². The molecule has 0 N–H and O–H groups in total. The fourth-order valence-corrected chi connectivity index (χ4v) is 2.08. The van der Waals surface area contributed by atoms with E-state index in [-0.39, 0.29) is 0 Å². The van der Waals surface area contributed by atoms with Crippen molar-refractivity contribution in [2.75, 3.05) is 0 Å². The molecule has 0 saturated carbocycles. The monoisotopic (exact) mass is 238 g/mol. The van der Waals surface area contributed by atoms with Crippen LogP contribution in [0.1, 0.15) is 13.3 Å². The summed E-state index contributed by atoms with van der Waals surface area (Å²) in [6.45, 7) is 3.20. The third-order valence-electron chi connectivity index (χ3n) is 2.05. The summed E-state index contributed by atoms with van der Waals surface area (Å²) >= 11 is 3.54. The van der Waals surface area contributed by atoms with Crippen molar-refractivity contribution in [2.45, 2.75) is 19.9 Å². The van der Waals surface area contributed by atoms with E-state index in [0.717, 1.165) is 23.0 Å². The van der Waals surface area contributed by atoms with Crippen molar-refractivity contribution in [3.8, 4) is 0 Å². The van der Waals surface area contributed by atoms with E-state index in [1.54, 1.807) is 0 Å². The zero-order valence-electron chi connectivity index (χ0n) is 7.50. The third-order valence-corrected chi connectivity index (χ3v) is 2.69. The lowest BCUT2D eigenvalue weighted by molar-refractivity contribution is 0.696. The summed E-state index contributed by atoms with van der Waals surface area (Å²) in [5, 5.41) is 0. The predicted molar refractivity (Wildman–Crippen MR) is 57.7 cm³/mol. The van der Waals surface area contributed by atoms with E-state index in [0.29, 0.717) is 0 Å². The number of benzene rings is 1. The molecule has 0 atom stereocenters. The summed E-state index contributed by atoms with van der Waals surface area (Å²) in [6.07, 6.45) is 3.03. The standard InChI is InChI=1S/C10H11BrN2/c1-2-6-13-7-12-9-5-3-4-8(11)10(9)13/h3-5,7H,2,6H2,1H3. The molecule has 3 heteroatoms. The van der Waals surface area contributed by atoms with E-state index in [9.17, 15) is 0 Å². The molecule has 0 aliphatic rings. The van der Waals surface area contributed by atoms with Gasteiger partial charge in [-0.15, -0.1) is 0 Å². The molecule has 2 nitrogen and oxygen atoms in total. The first-order valence-corrected chi connectivity index (χ1v) is 5.21. The number of halogens is 1. The average Bonchev–Trinajstić information content (AvgIpc) is 2.51. The van der Waals surface area contributed by atoms with Crippen molar-refractivity contribution >= 4 is 27.0 Å². The number of rotatable bonds is 2. The van der Waals surface area contributed by atoms with Gasteiger partial charge in [-0.2, -0.15) is 0 Å². The SMILES string of the molecule is CCCn1cnc2cccc(Br)c21. The van der Waals surface area contributed by atoms with Crippen LogP contribution in [0.25, 0.3) is 11.0 Å². The maximum Gasteiger partial charge on any atom is 0.0958 e. The Kier molecular flexibility index (Phi) is 2.36. The highest BCUT2D eigenvalue weighted by Gasteiger charge is 2.04. The molecule has 13 heavy (non-hydrogen) atoms. The molecule has 0 aliphatic carbocycles. The number of nitrogens with zero attached hydrogens (tertiary/aromatic N) is 2. The summed E-state index contributed by atoms with van der Waals surface area (Å²) in [5.74, 6) is 0. The molecule has 1 aromatic heterocycles. The third kappa shape index (κ3) is 1.48. The number of para-hydroxylation sites is 1. The summed E-state index contributed by atoms with van der Waals surface area (Å²) in [4.78, 5) is 4.33. The molecular weight excluding hydrogens is 228 g/mol. The highest BCUT2D eigenvalue weighted by Crippen LogP contribution is 2.22. The van der Waals surface area contributed by atoms with Crippen LogP contribution < -0.4 is 0 Å². The lowest BCUT2D eigenvalue weighted by atomic mass is 10.3. The van der Waals surface area contributed by atoms with Crippen molar-refractivity contribution in [3.05, 3.63) is 29.0 Å². The smallest absolute Gasteiger partial charge is 0.0958 e. The number of hydrogen-bond acceptors (Lipinski definition) is 1. The van der Waals surface area contributed by atoms with Gasteiger partial charge in [0.2, 0.25) is 0 Å². The molecule has 2 rings (SSSR count). The first-order chi connectivity index (χ1) is 6.33. The molecule has 0 amide bonds. The van der Waals surface area contributed by atoms with Gasteiger partial charge in [-0.1, -0.05) is 13.0 Å². The van der Waals surface area contributed by atoms with Gasteiger partial charge in [0.1, 0.15) is 0 Å². The zero-order chi connectivity index (χ0) is 9.26. The molecule has 0 fully saturated rings. The molecule has 0 bridgehead atoms. The first-order valence-electron chi connectivity index (χ1n) is 4.42. The van der Waals surface area contributed by atoms with Crippen molar-refractivity contribution in [1.29, 1.82) is 0 Å². The Morgan fingerprint density at radius 2 is 2.31 bits per heavy atom. The molecule has 0 spiro atoms. The van der Waals surface area contributed by atoms with Crippen LogP contribution in [0.4, 0.5) is 0 Å². The van der Waals surface area contributed by atoms with Gasteiger partial charge >= 0.3 is 0 Å². The van der Waals surface area contributed by atoms with E-state index in [4.69, 9.17) is 0 Å². The van der Waals surface area contributed by atoms with Crippen LogP contribution in [0, 0.1) is 0 Å². The second-order valence-corrected chi connectivity index (χ2v) is 3.90. The van der Waals surface area contributed by atoms with Crippen molar-refractivity contribution < 1.29 is 0 Å². The molecule has 1 aromatic carbocycles. The largest absolute Gasteiger partial charge is 0.330 e. The van der Waals surface area contributed by atoms with Crippen LogP contribution in [0.2, 0.25) is 0 Å². The Balaban J connectivity index is 2.64. The van der Waals surface area contributed by atoms with Gasteiger partial charge in [0, 0.05) is 11.0 Å². The van der Waals surface area contributed by atoms with Crippen LogP contribution in [-0.2, 0) is 6.54 Å². The molecule has 0 aliphatic heterocycles. The van der Waals surface area contributed by atoms with Gasteiger partial charge in [0.25, 0.3) is 0 Å². The molecule has 2 aromatic rings. The van der Waals surface area contributed by atoms with E-state index in [2.05, 4.69) is 38.5 Å². The maximum atomic E-state index is 4.33. The van der Waals surface area contributed by atoms with Gasteiger partial charge < -0.3 is 4.57 Å². The van der Waals surface area contributed by atoms with Gasteiger partial charge in [-0.25, -0.2) is 4.98 Å². The second kappa shape index (κ2) is 3.50. The van der Waals surface area contributed by atoms with Crippen LogP contribution in [0.5, 0.6) is 0 Å². The summed E-state index contributed by atoms with van der Waals surface area (Å²) in [5.41, 5.74) is 2.26. The van der Waals surface area contributed by atoms with E-state index in [1.165, 1.54) is 5.52 Å². The molecule has 0 radical (unpaired) electrons. The zero-order valence-corrected chi connectivity index (χ0v) is 9.08. The Morgan fingerprint density at radius 3 is 3.08 bits per heavy atom. The Labute approximate surface area is 85.7 Å². The Hall–Kier alpha value is -0.830. The van der Waals surface area contributed by atoms with Gasteiger partial charge in [0.15, 0.2) is 0 Å². The second-order valence-electron chi connectivity index (χ2n) is 3.05. The summed E-state index contributed by atoms with van der Waals surface area (Å²) in [7, 11) is 0. The number of fused-ring (bicyclic) bond motifs is 1. The van der Waals surface area contributed by atoms with E-state index >= 15 is 0 Å². The van der Waals surface area contributed by atoms with Crippen molar-refractivity contribution in [1.82, 2.24) is 9.55 Å². The Morgan fingerprint density at radius 1 is 1.46 bits per heavy atom. The first kappa shape index (κ1) is 8.75. The van der Waals surface area contributed by atoms with Crippen molar-refractivity contribution in [3.63, 3.8) is 0 Å². The lowest BCUT2D eigenvalue weighted by Gasteiger charge is -2.02. The fraction of sp³-hybridized carbons (Fsp3) is 0.300. The number of hydrogen-bond donors (Lipinski definition) is 0. The summed E-state index contributed by atoms with van der Waals surface area (Å²) < 4.78 is 3.30. The molecule has 0 unspecified atom stereocenters. The molecule has 68 valence electrons. The van der Waals surface area contributed by atoms with E-state index < -0.39 is 0 Å².